The maximum Gasteiger partial charge on any atom is 0.329 e. The summed E-state index contributed by atoms with van der Waals surface area (Å²) in [5.41, 5.74) is -1.16. The minimum absolute atomic E-state index is 0.110. The van der Waals surface area contributed by atoms with Crippen LogP contribution in [0.4, 0.5) is 0 Å². The molecule has 0 spiro atoms. The van der Waals surface area contributed by atoms with Crippen LogP contribution in [0, 0.1) is 0 Å². The van der Waals surface area contributed by atoms with Gasteiger partial charge >= 0.3 is 5.97 Å². The van der Waals surface area contributed by atoms with Crippen molar-refractivity contribution in [3.8, 4) is 0 Å². The Morgan fingerprint density at radius 3 is 2.50 bits per heavy atom. The van der Waals surface area contributed by atoms with Crippen LogP contribution in [-0.2, 0) is 9.53 Å². The number of carbonyl (C=O) groups is 2. The van der Waals surface area contributed by atoms with E-state index in [0.717, 1.165) is 0 Å². The number of carboxylic acid groups (broad SMARTS) is 1. The van der Waals surface area contributed by atoms with E-state index >= 15 is 0 Å². The summed E-state index contributed by atoms with van der Waals surface area (Å²) >= 11 is 11.8. The second-order valence-corrected chi connectivity index (χ2v) is 5.34. The zero-order chi connectivity index (χ0) is 14.8. The van der Waals surface area contributed by atoms with E-state index < -0.39 is 17.4 Å². The van der Waals surface area contributed by atoms with Crippen molar-refractivity contribution < 1.29 is 19.4 Å². The average Bonchev–Trinajstić information content (AvgIpc) is 2.42. The molecular formula is C13H13Cl2NO4. The van der Waals surface area contributed by atoms with E-state index in [4.69, 9.17) is 27.9 Å². The molecule has 20 heavy (non-hydrogen) atoms. The Balaban J connectivity index is 2.25. The largest absolute Gasteiger partial charge is 0.480 e. The molecule has 0 aromatic heterocycles. The lowest BCUT2D eigenvalue weighted by molar-refractivity contribution is -0.148. The van der Waals surface area contributed by atoms with Crippen LogP contribution in [0.25, 0.3) is 0 Å². The first-order chi connectivity index (χ1) is 9.46. The highest BCUT2D eigenvalue weighted by atomic mass is 35.5. The number of benzene rings is 1. The van der Waals surface area contributed by atoms with E-state index in [1.54, 1.807) is 12.1 Å². The van der Waals surface area contributed by atoms with Crippen molar-refractivity contribution in [3.05, 3.63) is 33.8 Å². The molecule has 1 aromatic carbocycles. The lowest BCUT2D eigenvalue weighted by Crippen LogP contribution is -2.57. The van der Waals surface area contributed by atoms with Crippen LogP contribution in [0.5, 0.6) is 0 Å². The number of hydrogen-bond donors (Lipinski definition) is 2. The average molecular weight is 318 g/mol. The molecule has 108 valence electrons. The topological polar surface area (TPSA) is 75.6 Å². The second kappa shape index (κ2) is 5.99. The van der Waals surface area contributed by atoms with Crippen molar-refractivity contribution in [3.63, 3.8) is 0 Å². The molecule has 2 N–H and O–H groups in total. The Labute approximate surface area is 125 Å². The standard InChI is InChI=1S/C13H13Cl2NO4/c14-9-3-1-2-8(10(9)15)11(17)16-13(12(18)19)4-6-20-7-5-13/h1-3H,4-7H2,(H,16,17)(H,18,19). The molecule has 0 radical (unpaired) electrons. The van der Waals surface area contributed by atoms with Crippen LogP contribution in [0.3, 0.4) is 0 Å². The summed E-state index contributed by atoms with van der Waals surface area (Å²) in [5, 5.41) is 12.3. The van der Waals surface area contributed by atoms with Gasteiger partial charge in [0.05, 0.1) is 15.6 Å². The Hall–Kier alpha value is -1.30. The van der Waals surface area contributed by atoms with Crippen LogP contribution in [0.2, 0.25) is 10.0 Å². The maximum atomic E-state index is 12.2. The monoisotopic (exact) mass is 317 g/mol. The number of aliphatic carboxylic acids is 1. The van der Waals surface area contributed by atoms with Crippen molar-refractivity contribution in [2.45, 2.75) is 18.4 Å². The predicted octanol–water partition coefficient (Wildman–Crippen LogP) is 2.36. The van der Waals surface area contributed by atoms with Crippen LogP contribution < -0.4 is 5.32 Å². The van der Waals surface area contributed by atoms with Gasteiger partial charge in [-0.25, -0.2) is 4.79 Å². The first-order valence-electron chi connectivity index (χ1n) is 6.04. The van der Waals surface area contributed by atoms with E-state index in [-0.39, 0.29) is 41.7 Å². The van der Waals surface area contributed by atoms with Crippen molar-refractivity contribution in [1.29, 1.82) is 0 Å². The molecule has 0 saturated carbocycles. The summed E-state index contributed by atoms with van der Waals surface area (Å²) in [4.78, 5) is 23.7. The summed E-state index contributed by atoms with van der Waals surface area (Å²) in [7, 11) is 0. The zero-order valence-electron chi connectivity index (χ0n) is 10.5. The quantitative estimate of drug-likeness (QED) is 0.897. The highest BCUT2D eigenvalue weighted by Crippen LogP contribution is 2.27. The third-order valence-electron chi connectivity index (χ3n) is 3.30. The van der Waals surface area contributed by atoms with Gasteiger partial charge in [0.2, 0.25) is 0 Å². The van der Waals surface area contributed by atoms with E-state index in [9.17, 15) is 14.7 Å². The Morgan fingerprint density at radius 1 is 1.25 bits per heavy atom. The van der Waals surface area contributed by atoms with E-state index in [1.807, 2.05) is 0 Å². The van der Waals surface area contributed by atoms with Crippen molar-refractivity contribution >= 4 is 35.1 Å². The SMILES string of the molecule is O=C(NC1(C(=O)O)CCOCC1)c1cccc(Cl)c1Cl. The molecule has 1 aromatic rings. The fourth-order valence-corrected chi connectivity index (χ4v) is 2.46. The number of ether oxygens (including phenoxy) is 1. The van der Waals surface area contributed by atoms with E-state index in [1.165, 1.54) is 6.07 Å². The zero-order valence-corrected chi connectivity index (χ0v) is 12.0. The number of hydrogen-bond acceptors (Lipinski definition) is 3. The highest BCUT2D eigenvalue weighted by molar-refractivity contribution is 6.43. The summed E-state index contributed by atoms with van der Waals surface area (Å²) in [6.07, 6.45) is 0.429. The Bertz CT molecular complexity index is 541. The van der Waals surface area contributed by atoms with Gasteiger partial charge in [-0.3, -0.25) is 4.79 Å². The fraction of sp³-hybridized carbons (Fsp3) is 0.385. The number of rotatable bonds is 3. The molecule has 1 saturated heterocycles. The second-order valence-electron chi connectivity index (χ2n) is 4.56. The maximum absolute atomic E-state index is 12.2. The number of carbonyl (C=O) groups excluding carboxylic acids is 1. The van der Waals surface area contributed by atoms with Gasteiger partial charge < -0.3 is 15.2 Å². The normalized spacial score (nSPS) is 17.5. The van der Waals surface area contributed by atoms with Crippen LogP contribution >= 0.6 is 23.2 Å². The Morgan fingerprint density at radius 2 is 1.90 bits per heavy atom. The number of carboxylic acids is 1. The lowest BCUT2D eigenvalue weighted by atomic mass is 9.89. The number of halogens is 2. The van der Waals surface area contributed by atoms with Crippen LogP contribution in [-0.4, -0.2) is 35.7 Å². The summed E-state index contributed by atoms with van der Waals surface area (Å²) < 4.78 is 5.14. The number of amides is 1. The first-order valence-corrected chi connectivity index (χ1v) is 6.79. The van der Waals surface area contributed by atoms with Crippen molar-refractivity contribution in [1.82, 2.24) is 5.32 Å². The van der Waals surface area contributed by atoms with Gasteiger partial charge in [-0.2, -0.15) is 0 Å². The molecular weight excluding hydrogens is 305 g/mol. The molecule has 0 bridgehead atoms. The van der Waals surface area contributed by atoms with E-state index in [0.29, 0.717) is 0 Å². The molecule has 1 aliphatic heterocycles. The summed E-state index contributed by atoms with van der Waals surface area (Å²) in [6, 6.07) is 4.64. The minimum atomic E-state index is -1.32. The smallest absolute Gasteiger partial charge is 0.329 e. The van der Waals surface area contributed by atoms with Gasteiger partial charge in [-0.05, 0) is 12.1 Å². The third kappa shape index (κ3) is 2.90. The van der Waals surface area contributed by atoms with Gasteiger partial charge in [-0.15, -0.1) is 0 Å². The molecule has 5 nitrogen and oxygen atoms in total. The summed E-state index contributed by atoms with van der Waals surface area (Å²) in [5.74, 6) is -1.63. The molecule has 0 unspecified atom stereocenters. The van der Waals surface area contributed by atoms with Crippen molar-refractivity contribution in [2.24, 2.45) is 0 Å². The molecule has 0 atom stereocenters. The van der Waals surface area contributed by atoms with Gasteiger partial charge in [-0.1, -0.05) is 29.3 Å². The fourth-order valence-electron chi connectivity index (χ4n) is 2.08. The molecule has 2 rings (SSSR count). The predicted molar refractivity (Wildman–Crippen MR) is 74.3 cm³/mol. The molecule has 1 amide bonds. The summed E-state index contributed by atoms with van der Waals surface area (Å²) in [6.45, 7) is 0.575. The first kappa shape index (κ1) is 15.1. The molecule has 0 aliphatic carbocycles. The molecule has 1 heterocycles. The van der Waals surface area contributed by atoms with Crippen LogP contribution in [0.15, 0.2) is 18.2 Å². The molecule has 7 heteroatoms. The van der Waals surface area contributed by atoms with Gasteiger partial charge in [0.1, 0.15) is 5.54 Å². The third-order valence-corrected chi connectivity index (χ3v) is 4.12. The Kier molecular flexibility index (Phi) is 4.52. The van der Waals surface area contributed by atoms with Gasteiger partial charge in [0, 0.05) is 26.1 Å². The van der Waals surface area contributed by atoms with Gasteiger partial charge in [0.25, 0.3) is 5.91 Å². The lowest BCUT2D eigenvalue weighted by Gasteiger charge is -2.33. The minimum Gasteiger partial charge on any atom is -0.480 e. The van der Waals surface area contributed by atoms with Crippen molar-refractivity contribution in [2.75, 3.05) is 13.2 Å². The van der Waals surface area contributed by atoms with Gasteiger partial charge in [0.15, 0.2) is 0 Å². The highest BCUT2D eigenvalue weighted by Gasteiger charge is 2.42. The number of nitrogens with one attached hydrogen (secondary N) is 1. The molecule has 1 aliphatic rings. The van der Waals surface area contributed by atoms with Crippen LogP contribution in [0.1, 0.15) is 23.2 Å². The molecule has 1 fully saturated rings. The van der Waals surface area contributed by atoms with E-state index in [2.05, 4.69) is 5.32 Å².